The zero-order chi connectivity index (χ0) is 14.2. The van der Waals surface area contributed by atoms with Gasteiger partial charge in [0.15, 0.2) is 11.4 Å². The number of alkyl halides is 3. The van der Waals surface area contributed by atoms with Crippen molar-refractivity contribution in [2.75, 3.05) is 0 Å². The normalized spacial score (nSPS) is 11.6. The fourth-order valence-electron chi connectivity index (χ4n) is 1.54. The first-order valence-electron chi connectivity index (χ1n) is 4.92. The molecule has 0 amide bonds. The predicted octanol–water partition coefficient (Wildman–Crippen LogP) is 4.01. The molecule has 1 aromatic carbocycles. The number of halogens is 5. The van der Waals surface area contributed by atoms with Crippen molar-refractivity contribution in [3.05, 3.63) is 45.7 Å². The molecule has 100 valence electrons. The standard InChI is InChI=1S/C11H5Cl2F3N2O/c12-9-6(5-19)10(13)18(17-9)8-4-2-1-3-7(8)11(14,15)16/h1-5H. The van der Waals surface area contributed by atoms with Gasteiger partial charge in [0.2, 0.25) is 0 Å². The maximum atomic E-state index is 12.9. The number of nitrogens with zero attached hydrogens (tertiary/aromatic N) is 2. The van der Waals surface area contributed by atoms with Crippen molar-refractivity contribution in [3.63, 3.8) is 0 Å². The lowest BCUT2D eigenvalue weighted by atomic mass is 10.1. The third-order valence-corrected chi connectivity index (χ3v) is 3.02. The van der Waals surface area contributed by atoms with Gasteiger partial charge in [-0.25, -0.2) is 4.68 Å². The van der Waals surface area contributed by atoms with Gasteiger partial charge in [-0.3, -0.25) is 4.79 Å². The van der Waals surface area contributed by atoms with Crippen LogP contribution in [0.3, 0.4) is 0 Å². The van der Waals surface area contributed by atoms with Gasteiger partial charge in [0.25, 0.3) is 0 Å². The summed E-state index contributed by atoms with van der Waals surface area (Å²) in [5.74, 6) is 0. The predicted molar refractivity (Wildman–Crippen MR) is 64.0 cm³/mol. The molecule has 0 radical (unpaired) electrons. The monoisotopic (exact) mass is 308 g/mol. The molecular weight excluding hydrogens is 304 g/mol. The Morgan fingerprint density at radius 2 is 1.84 bits per heavy atom. The van der Waals surface area contributed by atoms with Crippen molar-refractivity contribution >= 4 is 29.5 Å². The smallest absolute Gasteiger partial charge is 0.298 e. The number of aldehydes is 1. The number of carbonyl (C=O) groups is 1. The maximum Gasteiger partial charge on any atom is 0.418 e. The molecule has 0 aliphatic carbocycles. The van der Waals surface area contributed by atoms with Crippen LogP contribution in [-0.4, -0.2) is 16.1 Å². The minimum Gasteiger partial charge on any atom is -0.298 e. The molecule has 0 aliphatic rings. The van der Waals surface area contributed by atoms with Crippen molar-refractivity contribution in [2.24, 2.45) is 0 Å². The molecule has 0 fully saturated rings. The zero-order valence-electron chi connectivity index (χ0n) is 9.08. The van der Waals surface area contributed by atoms with Crippen LogP contribution in [0, 0.1) is 0 Å². The summed E-state index contributed by atoms with van der Waals surface area (Å²) in [6, 6.07) is 4.72. The molecule has 3 nitrogen and oxygen atoms in total. The van der Waals surface area contributed by atoms with E-state index in [-0.39, 0.29) is 21.6 Å². The van der Waals surface area contributed by atoms with Crippen LogP contribution in [0.4, 0.5) is 13.2 Å². The SMILES string of the molecule is O=Cc1c(Cl)nn(-c2ccccc2C(F)(F)F)c1Cl. The van der Waals surface area contributed by atoms with Crippen LogP contribution in [-0.2, 0) is 6.18 Å². The molecule has 0 aliphatic heterocycles. The van der Waals surface area contributed by atoms with E-state index in [2.05, 4.69) is 5.10 Å². The largest absolute Gasteiger partial charge is 0.418 e. The highest BCUT2D eigenvalue weighted by molar-refractivity contribution is 6.37. The molecule has 0 saturated heterocycles. The summed E-state index contributed by atoms with van der Waals surface area (Å²) in [5, 5.41) is 3.12. The maximum absolute atomic E-state index is 12.9. The second kappa shape index (κ2) is 4.86. The average molecular weight is 309 g/mol. The van der Waals surface area contributed by atoms with E-state index in [0.29, 0.717) is 6.29 Å². The van der Waals surface area contributed by atoms with Gasteiger partial charge in [-0.15, -0.1) is 0 Å². The van der Waals surface area contributed by atoms with E-state index < -0.39 is 11.7 Å². The summed E-state index contributed by atoms with van der Waals surface area (Å²) in [6.45, 7) is 0. The van der Waals surface area contributed by atoms with Gasteiger partial charge < -0.3 is 0 Å². The number of hydrogen-bond acceptors (Lipinski definition) is 2. The van der Waals surface area contributed by atoms with E-state index in [9.17, 15) is 18.0 Å². The molecule has 1 aromatic heterocycles. The fourth-order valence-corrected chi connectivity index (χ4v) is 2.06. The first-order chi connectivity index (χ1) is 8.86. The zero-order valence-corrected chi connectivity index (χ0v) is 10.6. The van der Waals surface area contributed by atoms with Gasteiger partial charge in [0.1, 0.15) is 5.15 Å². The molecule has 2 rings (SSSR count). The second-order valence-corrected chi connectivity index (χ2v) is 4.26. The molecule has 2 aromatic rings. The Morgan fingerprint density at radius 3 is 2.37 bits per heavy atom. The van der Waals surface area contributed by atoms with E-state index in [4.69, 9.17) is 23.2 Å². The third kappa shape index (κ3) is 2.46. The molecular formula is C11H5Cl2F3N2O. The van der Waals surface area contributed by atoms with Gasteiger partial charge in [-0.2, -0.15) is 18.3 Å². The van der Waals surface area contributed by atoms with Crippen LogP contribution in [0.5, 0.6) is 0 Å². The summed E-state index contributed by atoms with van der Waals surface area (Å²) in [6.07, 6.45) is -4.23. The van der Waals surface area contributed by atoms with Crippen molar-refractivity contribution < 1.29 is 18.0 Å². The fraction of sp³-hybridized carbons (Fsp3) is 0.0909. The van der Waals surface area contributed by atoms with Crippen LogP contribution in [0.2, 0.25) is 10.3 Å². The number of benzene rings is 1. The molecule has 0 atom stereocenters. The summed E-state index contributed by atoms with van der Waals surface area (Å²) < 4.78 is 39.4. The molecule has 0 N–H and O–H groups in total. The number of carbonyl (C=O) groups excluding carboxylic acids is 1. The lowest BCUT2D eigenvalue weighted by molar-refractivity contribution is -0.137. The Morgan fingerprint density at radius 1 is 1.21 bits per heavy atom. The summed E-state index contributed by atoms with van der Waals surface area (Å²) in [5.41, 5.74) is -1.37. The Hall–Kier alpha value is -1.53. The lowest BCUT2D eigenvalue weighted by Gasteiger charge is -2.12. The van der Waals surface area contributed by atoms with Gasteiger partial charge in [0, 0.05) is 0 Å². The summed E-state index contributed by atoms with van der Waals surface area (Å²) in [7, 11) is 0. The Balaban J connectivity index is 2.70. The highest BCUT2D eigenvalue weighted by Crippen LogP contribution is 2.35. The lowest BCUT2D eigenvalue weighted by Crippen LogP contribution is -2.11. The first-order valence-corrected chi connectivity index (χ1v) is 5.67. The van der Waals surface area contributed by atoms with Crippen LogP contribution < -0.4 is 0 Å². The van der Waals surface area contributed by atoms with Gasteiger partial charge in [-0.05, 0) is 12.1 Å². The molecule has 8 heteroatoms. The quantitative estimate of drug-likeness (QED) is 0.786. The van der Waals surface area contributed by atoms with E-state index in [1.165, 1.54) is 18.2 Å². The first kappa shape index (κ1) is 13.9. The van der Waals surface area contributed by atoms with E-state index in [0.717, 1.165) is 10.7 Å². The van der Waals surface area contributed by atoms with Crippen LogP contribution in [0.1, 0.15) is 15.9 Å². The number of para-hydroxylation sites is 1. The Kier molecular flexibility index (Phi) is 3.56. The third-order valence-electron chi connectivity index (χ3n) is 2.37. The minimum absolute atomic E-state index is 0.152. The average Bonchev–Trinajstić information content (AvgIpc) is 2.63. The molecule has 0 spiro atoms. The summed E-state index contributed by atoms with van der Waals surface area (Å²) in [4.78, 5) is 10.7. The number of aromatic nitrogens is 2. The van der Waals surface area contributed by atoms with Gasteiger partial charge in [-0.1, -0.05) is 35.3 Å². The van der Waals surface area contributed by atoms with Crippen molar-refractivity contribution in [1.82, 2.24) is 9.78 Å². The van der Waals surface area contributed by atoms with E-state index >= 15 is 0 Å². The van der Waals surface area contributed by atoms with Gasteiger partial charge >= 0.3 is 6.18 Å². The molecule has 19 heavy (non-hydrogen) atoms. The van der Waals surface area contributed by atoms with E-state index in [1.807, 2.05) is 0 Å². The minimum atomic E-state index is -4.57. The van der Waals surface area contributed by atoms with Crippen molar-refractivity contribution in [3.8, 4) is 5.69 Å². The van der Waals surface area contributed by atoms with Crippen LogP contribution >= 0.6 is 23.2 Å². The molecule has 0 bridgehead atoms. The van der Waals surface area contributed by atoms with Crippen molar-refractivity contribution in [1.29, 1.82) is 0 Å². The topological polar surface area (TPSA) is 34.9 Å². The molecule has 1 heterocycles. The highest BCUT2D eigenvalue weighted by atomic mass is 35.5. The van der Waals surface area contributed by atoms with E-state index in [1.54, 1.807) is 0 Å². The van der Waals surface area contributed by atoms with Crippen molar-refractivity contribution in [2.45, 2.75) is 6.18 Å². The molecule has 0 saturated carbocycles. The number of rotatable bonds is 2. The highest BCUT2D eigenvalue weighted by Gasteiger charge is 2.34. The van der Waals surface area contributed by atoms with Crippen LogP contribution in [0.15, 0.2) is 24.3 Å². The summed E-state index contributed by atoms with van der Waals surface area (Å²) >= 11 is 11.4. The Labute approximate surface area is 115 Å². The van der Waals surface area contributed by atoms with Crippen LogP contribution in [0.25, 0.3) is 5.69 Å². The Bertz CT molecular complexity index is 637. The van der Waals surface area contributed by atoms with Gasteiger partial charge in [0.05, 0.1) is 16.8 Å². The number of hydrogen-bond donors (Lipinski definition) is 0. The molecule has 0 unspecified atom stereocenters. The second-order valence-electron chi connectivity index (χ2n) is 3.54.